The van der Waals surface area contributed by atoms with Gasteiger partial charge in [0.15, 0.2) is 0 Å². The maximum Gasteiger partial charge on any atom is 0.320 e. The number of carbonyl (C=O) groups excluding carboxylic acids is 2. The molecule has 1 heterocycles. The van der Waals surface area contributed by atoms with Gasteiger partial charge in [-0.25, -0.2) is 0 Å². The van der Waals surface area contributed by atoms with E-state index >= 15 is 0 Å². The average Bonchev–Trinajstić information content (AvgIpc) is 3.35. The zero-order chi connectivity index (χ0) is 54.9. The van der Waals surface area contributed by atoms with E-state index in [1.165, 1.54) is 0 Å². The van der Waals surface area contributed by atoms with Crippen molar-refractivity contribution in [3.63, 3.8) is 0 Å². The van der Waals surface area contributed by atoms with E-state index in [1.807, 2.05) is 24.3 Å². The summed E-state index contributed by atoms with van der Waals surface area (Å²) in [5.74, 6) is -4.81. The molecular weight excluding hydrogens is 987 g/mol. The Kier molecular flexibility index (Phi) is 37.0. The smallest absolute Gasteiger partial charge is 0.320 e. The van der Waals surface area contributed by atoms with Gasteiger partial charge in [-0.05, 0) is 56.2 Å². The van der Waals surface area contributed by atoms with Gasteiger partial charge in [0.25, 0.3) is 0 Å². The van der Waals surface area contributed by atoms with E-state index in [-0.39, 0.29) is 103 Å². The van der Waals surface area contributed by atoms with Crippen LogP contribution in [0.25, 0.3) is 0 Å². The minimum absolute atomic E-state index is 0.0689. The van der Waals surface area contributed by atoms with Crippen molar-refractivity contribution in [2.24, 2.45) is 5.73 Å². The second-order valence-electron chi connectivity index (χ2n) is 18.2. The van der Waals surface area contributed by atoms with Crippen LogP contribution in [0.1, 0.15) is 69.8 Å². The first-order chi connectivity index (χ1) is 36.1. The zero-order valence-electron chi connectivity index (χ0n) is 43.6. The van der Waals surface area contributed by atoms with Gasteiger partial charge in [-0.3, -0.25) is 53.2 Å². The number of nitrogens with two attached hydrogens (primary N) is 1. The van der Waals surface area contributed by atoms with E-state index in [9.17, 15) is 54.0 Å². The predicted molar refractivity (Wildman–Crippen MR) is 273 cm³/mol. The molecule has 1 aliphatic heterocycles. The van der Waals surface area contributed by atoms with E-state index in [2.05, 4.69) is 10.6 Å². The highest BCUT2D eigenvalue weighted by Gasteiger charge is 2.27. The minimum atomic E-state index is -1.07. The number of carbonyl (C=O) groups is 7. The molecular formula is C50H85N7O18. The fourth-order valence-corrected chi connectivity index (χ4v) is 7.85. The van der Waals surface area contributed by atoms with Crippen molar-refractivity contribution >= 4 is 41.7 Å². The van der Waals surface area contributed by atoms with Crippen molar-refractivity contribution in [2.45, 2.75) is 82.7 Å². The van der Waals surface area contributed by atoms with E-state index in [0.717, 1.165) is 37.7 Å². The first-order valence-electron chi connectivity index (χ1n) is 26.0. The van der Waals surface area contributed by atoms with Crippen LogP contribution in [-0.2, 0) is 63.7 Å². The van der Waals surface area contributed by atoms with Crippen LogP contribution in [0.4, 0.5) is 0 Å². The maximum atomic E-state index is 12.2. The third-order valence-electron chi connectivity index (χ3n) is 11.9. The van der Waals surface area contributed by atoms with Gasteiger partial charge in [-0.15, -0.1) is 0 Å². The van der Waals surface area contributed by atoms with Crippen molar-refractivity contribution in [3.05, 3.63) is 29.8 Å². The number of carboxylic acids is 5. The molecule has 0 radical (unpaired) electrons. The molecule has 9 N–H and O–H groups in total. The number of hydrogen-bond acceptors (Lipinski definition) is 18. The minimum Gasteiger partial charge on any atom is -0.494 e. The zero-order valence-corrected chi connectivity index (χ0v) is 43.6. The number of nitrogens with one attached hydrogen (secondary N) is 2. The lowest BCUT2D eigenvalue weighted by atomic mass is 10.0. The Bertz CT molecular complexity index is 1770. The molecule has 25 nitrogen and oxygen atoms in total. The quantitative estimate of drug-likeness (QED) is 0.0404. The molecule has 75 heavy (non-hydrogen) atoms. The summed E-state index contributed by atoms with van der Waals surface area (Å²) in [5, 5.41) is 53.0. The lowest BCUT2D eigenvalue weighted by Gasteiger charge is -2.37. The van der Waals surface area contributed by atoms with Crippen LogP contribution >= 0.6 is 0 Å². The Labute approximate surface area is 440 Å². The van der Waals surface area contributed by atoms with Crippen LogP contribution in [0, 0.1) is 0 Å². The van der Waals surface area contributed by atoms with Crippen LogP contribution in [0.2, 0.25) is 0 Å². The molecule has 0 unspecified atom stereocenters. The summed E-state index contributed by atoms with van der Waals surface area (Å²) in [7, 11) is 0. The van der Waals surface area contributed by atoms with Gasteiger partial charge in [-0.1, -0.05) is 31.4 Å². The number of ether oxygens (including phenoxy) is 6. The van der Waals surface area contributed by atoms with Crippen LogP contribution in [0.15, 0.2) is 24.3 Å². The number of rotatable bonds is 43. The van der Waals surface area contributed by atoms with E-state index in [4.69, 9.17) is 39.3 Å². The summed E-state index contributed by atoms with van der Waals surface area (Å²) < 4.78 is 33.3. The highest BCUT2D eigenvalue weighted by Crippen LogP contribution is 2.18. The summed E-state index contributed by atoms with van der Waals surface area (Å²) >= 11 is 0. The molecule has 1 aromatic rings. The summed E-state index contributed by atoms with van der Waals surface area (Å²) in [5.41, 5.74) is 6.32. The molecule has 2 atom stereocenters. The van der Waals surface area contributed by atoms with E-state index in [0.29, 0.717) is 111 Å². The second kappa shape index (κ2) is 42.1. The van der Waals surface area contributed by atoms with Crippen molar-refractivity contribution in [1.82, 2.24) is 30.2 Å². The topological polar surface area (TPSA) is 339 Å². The van der Waals surface area contributed by atoms with Gasteiger partial charge < -0.3 is 70.3 Å². The first-order valence-corrected chi connectivity index (χ1v) is 26.0. The molecule has 1 saturated heterocycles. The second-order valence-corrected chi connectivity index (χ2v) is 18.2. The van der Waals surface area contributed by atoms with Crippen LogP contribution in [-0.4, -0.2) is 257 Å². The lowest BCUT2D eigenvalue weighted by molar-refractivity contribution is -0.142. The van der Waals surface area contributed by atoms with E-state index in [1.54, 1.807) is 19.6 Å². The fourth-order valence-electron chi connectivity index (χ4n) is 7.85. The largest absolute Gasteiger partial charge is 0.494 e. The van der Waals surface area contributed by atoms with Crippen molar-refractivity contribution < 1.29 is 87.5 Å². The molecule has 1 fully saturated rings. The Balaban J connectivity index is 1.53. The van der Waals surface area contributed by atoms with Crippen molar-refractivity contribution in [1.29, 1.82) is 0 Å². The van der Waals surface area contributed by atoms with Gasteiger partial charge in [0.2, 0.25) is 11.8 Å². The molecule has 0 aromatic heterocycles. The molecule has 428 valence electrons. The first kappa shape index (κ1) is 66.0. The number of nitrogens with zero attached hydrogens (tertiary/aromatic N) is 4. The van der Waals surface area contributed by atoms with E-state index < -0.39 is 41.9 Å². The highest BCUT2D eigenvalue weighted by atomic mass is 16.6. The molecule has 0 saturated carbocycles. The van der Waals surface area contributed by atoms with Crippen molar-refractivity contribution in [2.75, 3.05) is 158 Å². The SMILES string of the molecule is N[C@@H](CCCCNC(=O)CCOCCOCCOCCOCCOCCC(=O)NCCCCCCCOc1ccc(C[C@H]2CN(CC(=O)O)CCN(CC(=O)O)CCN(CC(=O)O)CCN2CC(=O)O)cc1)C(=O)O. The molecule has 0 spiro atoms. The Morgan fingerprint density at radius 2 is 0.920 bits per heavy atom. The summed E-state index contributed by atoms with van der Waals surface area (Å²) in [6.07, 6.45) is 7.11. The molecule has 1 aromatic carbocycles. The predicted octanol–water partition coefficient (Wildman–Crippen LogP) is 0.165. The van der Waals surface area contributed by atoms with Crippen molar-refractivity contribution in [3.8, 4) is 5.75 Å². The molecule has 25 heteroatoms. The third-order valence-corrected chi connectivity index (χ3v) is 11.9. The molecule has 0 bridgehead atoms. The summed E-state index contributed by atoms with van der Waals surface area (Å²) in [4.78, 5) is 88.6. The highest BCUT2D eigenvalue weighted by molar-refractivity contribution is 5.76. The Morgan fingerprint density at radius 3 is 1.40 bits per heavy atom. The maximum absolute atomic E-state index is 12.2. The Hall–Kier alpha value is -5.09. The molecule has 0 aliphatic carbocycles. The average molecular weight is 1070 g/mol. The van der Waals surface area contributed by atoms with Gasteiger partial charge in [0.05, 0.1) is 98.9 Å². The lowest BCUT2D eigenvalue weighted by Crippen LogP contribution is -2.53. The van der Waals surface area contributed by atoms with Crippen LogP contribution < -0.4 is 21.1 Å². The Morgan fingerprint density at radius 1 is 0.507 bits per heavy atom. The number of aliphatic carboxylic acids is 5. The number of carboxylic acid groups (broad SMARTS) is 5. The van der Waals surface area contributed by atoms with Gasteiger partial charge >= 0.3 is 29.8 Å². The van der Waals surface area contributed by atoms with Gasteiger partial charge in [0, 0.05) is 77.8 Å². The number of amides is 2. The fraction of sp³-hybridized carbons (Fsp3) is 0.740. The van der Waals surface area contributed by atoms with Gasteiger partial charge in [-0.2, -0.15) is 0 Å². The number of hydrogen-bond donors (Lipinski definition) is 8. The number of unbranched alkanes of at least 4 members (excludes halogenated alkanes) is 5. The standard InChI is InChI=1S/C50H85N7O18/c51-43(50(68)69)8-4-6-16-53-45(59)14-25-71-27-29-73-31-33-74-32-30-72-28-26-70-24-13-44(58)52-15-5-2-1-3-7-23-75-42-11-9-40(10-12-42)34-41-35-56(38-48(64)65)20-19-54(36-46(60)61)17-18-55(37-47(62)63)21-22-57(41)39-49(66)67/h9-12,41,43H,1-8,13-39,51H2,(H,52,58)(H,53,59)(H,60,61)(H,62,63)(H,64,65)(H,66,67)(H,68,69)/t41-,43-/m0/s1. The van der Waals surface area contributed by atoms with Gasteiger partial charge in [0.1, 0.15) is 11.8 Å². The molecule has 2 rings (SSSR count). The monoisotopic (exact) mass is 1070 g/mol. The summed E-state index contributed by atoms with van der Waals surface area (Å²) in [6.45, 7) is 5.45. The molecule has 1 aliphatic rings. The summed E-state index contributed by atoms with van der Waals surface area (Å²) in [6, 6.07) is 6.12. The number of benzene rings is 1. The molecule has 2 amide bonds. The normalized spacial score (nSPS) is 15.8. The van der Waals surface area contributed by atoms with Crippen LogP contribution in [0.3, 0.4) is 0 Å². The third kappa shape index (κ3) is 36.5. The van der Waals surface area contributed by atoms with Crippen LogP contribution in [0.5, 0.6) is 5.75 Å².